The van der Waals surface area contributed by atoms with E-state index < -0.39 is 0 Å². The van der Waals surface area contributed by atoms with Gasteiger partial charge < -0.3 is 4.42 Å². The Balaban J connectivity index is 1.77. The van der Waals surface area contributed by atoms with Gasteiger partial charge in [-0.05, 0) is 48.2 Å². The molecule has 1 amide bonds. The first-order valence-electron chi connectivity index (χ1n) is 8.78. The van der Waals surface area contributed by atoms with Crippen LogP contribution >= 0.6 is 39.0 Å². The van der Waals surface area contributed by atoms with Crippen molar-refractivity contribution in [1.82, 2.24) is 4.98 Å². The molecule has 0 radical (unpaired) electrons. The average molecular weight is 473 g/mol. The van der Waals surface area contributed by atoms with Gasteiger partial charge in [-0.25, -0.2) is 4.98 Å². The van der Waals surface area contributed by atoms with Gasteiger partial charge in [-0.15, -0.1) is 11.8 Å². The maximum absolute atomic E-state index is 13.5. The second kappa shape index (κ2) is 8.51. The minimum absolute atomic E-state index is 0.0777. The fourth-order valence-electron chi connectivity index (χ4n) is 2.86. The molecule has 0 aliphatic carbocycles. The van der Waals surface area contributed by atoms with Crippen LogP contribution in [-0.4, -0.2) is 16.6 Å². The lowest BCUT2D eigenvalue weighted by Gasteiger charge is -2.20. The first kappa shape index (κ1) is 19.2. The molecule has 2 aromatic heterocycles. The highest BCUT2D eigenvalue weighted by molar-refractivity contribution is 9.10. The molecule has 0 saturated heterocycles. The van der Waals surface area contributed by atoms with E-state index in [2.05, 4.69) is 22.9 Å². The normalized spacial score (nSPS) is 11.1. The summed E-state index contributed by atoms with van der Waals surface area (Å²) in [7, 11) is 0. The van der Waals surface area contributed by atoms with Gasteiger partial charge in [-0.2, -0.15) is 0 Å². The molecule has 0 fully saturated rings. The first-order valence-corrected chi connectivity index (χ1v) is 11.4. The summed E-state index contributed by atoms with van der Waals surface area (Å²) in [6.07, 6.45) is 1.62. The zero-order valence-corrected chi connectivity index (χ0v) is 18.3. The molecule has 2 aromatic carbocycles. The van der Waals surface area contributed by atoms with Crippen LogP contribution in [0, 0.1) is 0 Å². The molecule has 0 spiro atoms. The lowest BCUT2D eigenvalue weighted by molar-refractivity contribution is 0.0980. The predicted octanol–water partition coefficient (Wildman–Crippen LogP) is 6.61. The van der Waals surface area contributed by atoms with E-state index in [0.717, 1.165) is 31.1 Å². The van der Waals surface area contributed by atoms with Crippen LogP contribution < -0.4 is 4.90 Å². The highest BCUT2D eigenvalue weighted by Gasteiger charge is 2.24. The van der Waals surface area contributed by atoms with Gasteiger partial charge >= 0.3 is 0 Å². The van der Waals surface area contributed by atoms with E-state index in [-0.39, 0.29) is 5.91 Å². The van der Waals surface area contributed by atoms with Crippen LogP contribution in [0.3, 0.4) is 0 Å². The molecule has 0 bridgehead atoms. The summed E-state index contributed by atoms with van der Waals surface area (Å²) in [5.41, 5.74) is 1.55. The molecule has 0 N–H and O–H groups in total. The fourth-order valence-corrected chi connectivity index (χ4v) is 5.17. The number of fused-ring (bicyclic) bond motifs is 1. The number of benzene rings is 2. The smallest absolute Gasteiger partial charge is 0.261 e. The van der Waals surface area contributed by atoms with E-state index in [0.29, 0.717) is 17.2 Å². The summed E-state index contributed by atoms with van der Waals surface area (Å²) in [4.78, 5) is 20.9. The van der Waals surface area contributed by atoms with Crippen LogP contribution in [0.1, 0.15) is 23.0 Å². The summed E-state index contributed by atoms with van der Waals surface area (Å²) in [5.74, 6) is 1.54. The maximum atomic E-state index is 13.5. The molecule has 4 nitrogen and oxygen atoms in total. The number of aromatic nitrogens is 1. The van der Waals surface area contributed by atoms with Crippen molar-refractivity contribution >= 4 is 60.3 Å². The van der Waals surface area contributed by atoms with Crippen molar-refractivity contribution in [3.8, 4) is 0 Å². The summed E-state index contributed by atoms with van der Waals surface area (Å²) >= 11 is 6.66. The molecule has 2 heterocycles. The summed E-state index contributed by atoms with van der Waals surface area (Å²) in [6, 6.07) is 17.3. The molecule has 4 rings (SSSR count). The van der Waals surface area contributed by atoms with Gasteiger partial charge in [-0.3, -0.25) is 9.69 Å². The number of anilines is 1. The highest BCUT2D eigenvalue weighted by atomic mass is 79.9. The van der Waals surface area contributed by atoms with Gasteiger partial charge in [0.15, 0.2) is 5.13 Å². The SMILES string of the molecule is CCSc1ccccc1C(=O)N(Cc1ccco1)c1nc2ccc(Br)cc2s1. The Morgan fingerprint density at radius 1 is 1.21 bits per heavy atom. The van der Waals surface area contributed by atoms with E-state index in [4.69, 9.17) is 9.40 Å². The molecule has 142 valence electrons. The molecular weight excluding hydrogens is 456 g/mol. The number of carbonyl (C=O) groups excluding carboxylic acids is 1. The number of thiazole rings is 1. The average Bonchev–Trinajstić information content (AvgIpc) is 3.35. The maximum Gasteiger partial charge on any atom is 0.261 e. The number of rotatable bonds is 6. The van der Waals surface area contributed by atoms with Gasteiger partial charge in [0.1, 0.15) is 5.76 Å². The van der Waals surface area contributed by atoms with Gasteiger partial charge in [0, 0.05) is 9.37 Å². The molecule has 28 heavy (non-hydrogen) atoms. The van der Waals surface area contributed by atoms with Crippen molar-refractivity contribution in [2.24, 2.45) is 0 Å². The Hall–Kier alpha value is -2.09. The second-order valence-corrected chi connectivity index (χ2v) is 9.24. The van der Waals surface area contributed by atoms with E-state index >= 15 is 0 Å². The molecule has 0 saturated carbocycles. The quantitative estimate of drug-likeness (QED) is 0.296. The number of thioether (sulfide) groups is 1. The van der Waals surface area contributed by atoms with Crippen molar-refractivity contribution in [2.75, 3.05) is 10.7 Å². The van der Waals surface area contributed by atoms with E-state index in [9.17, 15) is 4.79 Å². The third-order valence-corrected chi connectivity index (χ3v) is 6.62. The Bertz CT molecular complexity index is 1110. The van der Waals surface area contributed by atoms with Crippen molar-refractivity contribution in [1.29, 1.82) is 0 Å². The lowest BCUT2D eigenvalue weighted by Crippen LogP contribution is -2.30. The standard InChI is InChI=1S/C21H17BrN2O2S2/c1-2-27-18-8-4-3-7-16(18)20(25)24(13-15-6-5-11-26-15)21-23-17-10-9-14(22)12-19(17)28-21/h3-12H,2,13H2,1H3. The number of hydrogen-bond donors (Lipinski definition) is 0. The number of halogens is 1. The van der Waals surface area contributed by atoms with Gasteiger partial charge in [0.2, 0.25) is 0 Å². The van der Waals surface area contributed by atoms with E-state index in [1.165, 1.54) is 11.3 Å². The fraction of sp³-hybridized carbons (Fsp3) is 0.143. The minimum Gasteiger partial charge on any atom is -0.467 e. The molecule has 7 heteroatoms. The lowest BCUT2D eigenvalue weighted by atomic mass is 10.2. The van der Waals surface area contributed by atoms with E-state index in [1.54, 1.807) is 22.9 Å². The first-order chi connectivity index (χ1) is 13.7. The number of carbonyl (C=O) groups is 1. The number of hydrogen-bond acceptors (Lipinski definition) is 5. The summed E-state index contributed by atoms with van der Waals surface area (Å²) in [6.45, 7) is 2.41. The third-order valence-electron chi connectivity index (χ3n) is 4.13. The summed E-state index contributed by atoms with van der Waals surface area (Å²) in [5, 5.41) is 0.658. The molecular formula is C21H17BrN2O2S2. The Morgan fingerprint density at radius 2 is 2.07 bits per heavy atom. The molecule has 0 aliphatic heterocycles. The Morgan fingerprint density at radius 3 is 2.86 bits per heavy atom. The third kappa shape index (κ3) is 4.01. The molecule has 4 aromatic rings. The second-order valence-electron chi connectivity index (χ2n) is 6.01. The van der Waals surface area contributed by atoms with Crippen molar-refractivity contribution in [2.45, 2.75) is 18.4 Å². The van der Waals surface area contributed by atoms with Crippen LogP contribution in [-0.2, 0) is 6.54 Å². The monoisotopic (exact) mass is 472 g/mol. The van der Waals surface area contributed by atoms with E-state index in [1.807, 2.05) is 54.6 Å². The van der Waals surface area contributed by atoms with Crippen LogP contribution in [0.4, 0.5) is 5.13 Å². The Labute approximate surface area is 179 Å². The number of amides is 1. The largest absolute Gasteiger partial charge is 0.467 e. The number of furan rings is 1. The molecule has 0 atom stereocenters. The minimum atomic E-state index is -0.0777. The Kier molecular flexibility index (Phi) is 5.85. The van der Waals surface area contributed by atoms with Crippen LogP contribution in [0.25, 0.3) is 10.2 Å². The van der Waals surface area contributed by atoms with Crippen molar-refractivity contribution in [3.63, 3.8) is 0 Å². The zero-order chi connectivity index (χ0) is 19.5. The van der Waals surface area contributed by atoms with Gasteiger partial charge in [0.05, 0.1) is 28.6 Å². The van der Waals surface area contributed by atoms with Crippen LogP contribution in [0.5, 0.6) is 0 Å². The topological polar surface area (TPSA) is 46.3 Å². The summed E-state index contributed by atoms with van der Waals surface area (Å²) < 4.78 is 7.53. The van der Waals surface area contributed by atoms with Gasteiger partial charge in [0.25, 0.3) is 5.91 Å². The van der Waals surface area contributed by atoms with Crippen LogP contribution in [0.2, 0.25) is 0 Å². The highest BCUT2D eigenvalue weighted by Crippen LogP contribution is 2.33. The van der Waals surface area contributed by atoms with Crippen molar-refractivity contribution in [3.05, 3.63) is 76.7 Å². The van der Waals surface area contributed by atoms with Crippen LogP contribution in [0.15, 0.2) is 74.6 Å². The molecule has 0 aliphatic rings. The number of nitrogens with zero attached hydrogens (tertiary/aromatic N) is 2. The predicted molar refractivity (Wildman–Crippen MR) is 119 cm³/mol. The van der Waals surface area contributed by atoms with Crippen molar-refractivity contribution < 1.29 is 9.21 Å². The van der Waals surface area contributed by atoms with Gasteiger partial charge in [-0.1, -0.05) is 46.3 Å². The molecule has 0 unspecified atom stereocenters. The zero-order valence-electron chi connectivity index (χ0n) is 15.1.